The summed E-state index contributed by atoms with van der Waals surface area (Å²) < 4.78 is 11.2. The van der Waals surface area contributed by atoms with Crippen LogP contribution in [0.15, 0.2) is 0 Å². The lowest BCUT2D eigenvalue weighted by Crippen LogP contribution is -2.64. The van der Waals surface area contributed by atoms with Gasteiger partial charge in [0, 0.05) is 31.1 Å². The summed E-state index contributed by atoms with van der Waals surface area (Å²) in [6.45, 7) is 12.9. The average Bonchev–Trinajstić information content (AvgIpc) is 3.14. The molecule has 34 heavy (non-hydrogen) atoms. The molecule has 0 radical (unpaired) electrons. The number of methoxy groups -OCH3 is 1. The zero-order valence-electron chi connectivity index (χ0n) is 22.4. The number of fused-ring (bicyclic) bond motifs is 5. The van der Waals surface area contributed by atoms with E-state index in [0.717, 1.165) is 19.3 Å². The second-order valence-electron chi connectivity index (χ2n) is 12.8. The number of ketones is 1. The van der Waals surface area contributed by atoms with E-state index >= 15 is 0 Å². The maximum Gasteiger partial charge on any atom is 0.305 e. The molecule has 0 aliphatic heterocycles. The molecule has 4 unspecified atom stereocenters. The number of Topliss-reactive ketones (excluding diaryl/α,β-unsaturated/α-hetero) is 1. The molecule has 0 bridgehead atoms. The summed E-state index contributed by atoms with van der Waals surface area (Å²) in [5.41, 5.74) is -0.336. The third-order valence-corrected chi connectivity index (χ3v) is 11.3. The van der Waals surface area contributed by atoms with E-state index in [1.807, 2.05) is 0 Å². The first-order valence-electron chi connectivity index (χ1n) is 13.8. The van der Waals surface area contributed by atoms with Crippen LogP contribution >= 0.6 is 0 Å². The van der Waals surface area contributed by atoms with Gasteiger partial charge < -0.3 is 9.47 Å². The van der Waals surface area contributed by atoms with Crippen molar-refractivity contribution in [2.45, 2.75) is 99.0 Å². The van der Waals surface area contributed by atoms with Crippen LogP contribution in [-0.4, -0.2) is 30.9 Å². The fourth-order valence-corrected chi connectivity index (χ4v) is 9.65. The molecule has 11 atom stereocenters. The molecule has 5 heteroatoms. The Bertz CT molecular complexity index is 821. The highest BCUT2D eigenvalue weighted by atomic mass is 16.5. The van der Waals surface area contributed by atoms with Gasteiger partial charge in [0.25, 0.3) is 0 Å². The van der Waals surface area contributed by atoms with Crippen molar-refractivity contribution < 1.29 is 23.9 Å². The number of hydrogen-bond acceptors (Lipinski definition) is 5. The largest absolute Gasteiger partial charge is 0.469 e. The van der Waals surface area contributed by atoms with Crippen molar-refractivity contribution in [1.82, 2.24) is 0 Å². The predicted octanol–water partition coefficient (Wildman–Crippen LogP) is 5.84. The van der Waals surface area contributed by atoms with Crippen molar-refractivity contribution in [3.05, 3.63) is 0 Å². The van der Waals surface area contributed by atoms with Crippen LogP contribution in [0.2, 0.25) is 0 Å². The fourth-order valence-electron chi connectivity index (χ4n) is 9.65. The lowest BCUT2D eigenvalue weighted by molar-refractivity contribution is -0.211. The van der Waals surface area contributed by atoms with Crippen LogP contribution in [0.25, 0.3) is 0 Å². The molecule has 5 nitrogen and oxygen atoms in total. The Labute approximate surface area is 206 Å². The highest BCUT2D eigenvalue weighted by molar-refractivity contribution is 5.87. The van der Waals surface area contributed by atoms with Crippen LogP contribution in [0.1, 0.15) is 92.9 Å². The Hall–Kier alpha value is -1.39. The first kappa shape index (κ1) is 25.7. The molecule has 0 heterocycles. The number of ether oxygens (including phenoxy) is 2. The summed E-state index contributed by atoms with van der Waals surface area (Å²) in [4.78, 5) is 38.5. The maximum absolute atomic E-state index is 14.1. The summed E-state index contributed by atoms with van der Waals surface area (Å²) in [5.74, 6) is 2.49. The minimum Gasteiger partial charge on any atom is -0.469 e. The minimum atomic E-state index is -0.462. The van der Waals surface area contributed by atoms with Gasteiger partial charge in [0.1, 0.15) is 11.9 Å². The summed E-state index contributed by atoms with van der Waals surface area (Å²) >= 11 is 0. The molecule has 0 saturated heterocycles. The molecule has 192 valence electrons. The fraction of sp³-hybridized carbons (Fsp3) is 0.897. The van der Waals surface area contributed by atoms with Crippen molar-refractivity contribution in [2.75, 3.05) is 7.11 Å². The quantitative estimate of drug-likeness (QED) is 0.468. The van der Waals surface area contributed by atoms with Crippen LogP contribution in [0.4, 0.5) is 0 Å². The Kier molecular flexibility index (Phi) is 6.98. The van der Waals surface area contributed by atoms with Gasteiger partial charge in [-0.3, -0.25) is 14.4 Å². The Balaban J connectivity index is 1.75. The predicted molar refractivity (Wildman–Crippen MR) is 131 cm³/mol. The summed E-state index contributed by atoms with van der Waals surface area (Å²) in [6.07, 6.45) is 7.34. The molecule has 4 saturated carbocycles. The summed E-state index contributed by atoms with van der Waals surface area (Å²) in [5, 5.41) is 0. The minimum absolute atomic E-state index is 0.0968. The van der Waals surface area contributed by atoms with Gasteiger partial charge in [-0.2, -0.15) is 0 Å². The molecule has 0 amide bonds. The maximum atomic E-state index is 14.1. The van der Waals surface area contributed by atoms with Gasteiger partial charge in [-0.1, -0.05) is 41.0 Å². The van der Waals surface area contributed by atoms with Crippen LogP contribution < -0.4 is 0 Å². The first-order chi connectivity index (χ1) is 16.0. The second kappa shape index (κ2) is 9.24. The second-order valence-corrected chi connectivity index (χ2v) is 12.8. The topological polar surface area (TPSA) is 69.7 Å². The molecule has 4 aliphatic rings. The average molecular weight is 475 g/mol. The normalized spacial score (nSPS) is 46.6. The van der Waals surface area contributed by atoms with Gasteiger partial charge in [0.2, 0.25) is 0 Å². The third kappa shape index (κ3) is 3.84. The van der Waals surface area contributed by atoms with Gasteiger partial charge in [0.05, 0.1) is 7.11 Å². The van der Waals surface area contributed by atoms with E-state index in [1.54, 1.807) is 6.92 Å². The van der Waals surface area contributed by atoms with E-state index in [-0.39, 0.29) is 53.0 Å². The number of esters is 2. The monoisotopic (exact) mass is 474 g/mol. The lowest BCUT2D eigenvalue weighted by Gasteiger charge is -2.64. The highest BCUT2D eigenvalue weighted by Gasteiger charge is 2.68. The van der Waals surface area contributed by atoms with E-state index in [2.05, 4.69) is 34.6 Å². The first-order valence-corrected chi connectivity index (χ1v) is 13.8. The standard InChI is InChI=1S/C29H46O5/c1-8-19-22-13-16(2)11-12-28(22,5)23-15-24(31)29(6)20(17(3)14-25(32)33-7)9-10-21(29)26(23)27(19)34-18(4)30/h16-17,19-23,26-27H,8-15H2,1-7H3/t16-,17-,19-,20-,21?,22+,23?,26?,27?,28+,29-/m1/s1. The molecular formula is C29H46O5. The van der Waals surface area contributed by atoms with Crippen LogP contribution in [-0.2, 0) is 23.9 Å². The van der Waals surface area contributed by atoms with E-state index in [1.165, 1.54) is 26.4 Å². The molecular weight excluding hydrogens is 428 g/mol. The lowest BCUT2D eigenvalue weighted by atomic mass is 9.40. The smallest absolute Gasteiger partial charge is 0.305 e. The molecule has 0 N–H and O–H groups in total. The van der Waals surface area contributed by atoms with Gasteiger partial charge in [-0.15, -0.1) is 0 Å². The molecule has 4 rings (SSSR count). The van der Waals surface area contributed by atoms with Gasteiger partial charge in [0.15, 0.2) is 0 Å². The Morgan fingerprint density at radius 2 is 1.82 bits per heavy atom. The van der Waals surface area contributed by atoms with Gasteiger partial charge in [-0.25, -0.2) is 0 Å². The van der Waals surface area contributed by atoms with Crippen molar-refractivity contribution >= 4 is 17.7 Å². The third-order valence-electron chi connectivity index (χ3n) is 11.3. The van der Waals surface area contributed by atoms with Crippen molar-refractivity contribution in [2.24, 2.45) is 58.2 Å². The molecule has 4 aliphatic carbocycles. The van der Waals surface area contributed by atoms with Crippen LogP contribution in [0.3, 0.4) is 0 Å². The Morgan fingerprint density at radius 1 is 1.12 bits per heavy atom. The number of carbonyl (C=O) groups excluding carboxylic acids is 3. The van der Waals surface area contributed by atoms with E-state index in [4.69, 9.17) is 9.47 Å². The zero-order chi connectivity index (χ0) is 25.0. The molecule has 0 aromatic heterocycles. The van der Waals surface area contributed by atoms with Gasteiger partial charge >= 0.3 is 11.9 Å². The Morgan fingerprint density at radius 3 is 2.44 bits per heavy atom. The molecule has 4 fully saturated rings. The number of rotatable bonds is 5. The van der Waals surface area contributed by atoms with Crippen molar-refractivity contribution in [3.63, 3.8) is 0 Å². The van der Waals surface area contributed by atoms with Crippen molar-refractivity contribution in [3.8, 4) is 0 Å². The van der Waals surface area contributed by atoms with Gasteiger partial charge in [-0.05, 0) is 78.9 Å². The van der Waals surface area contributed by atoms with Crippen LogP contribution in [0.5, 0.6) is 0 Å². The van der Waals surface area contributed by atoms with E-state index < -0.39 is 5.41 Å². The summed E-state index contributed by atoms with van der Waals surface area (Å²) in [7, 11) is 1.43. The van der Waals surface area contributed by atoms with Crippen molar-refractivity contribution in [1.29, 1.82) is 0 Å². The molecule has 0 spiro atoms. The molecule has 0 aromatic carbocycles. The SMILES string of the molecule is CC[C@H]1C(OC(C)=O)C2C3CC[C@H]([C@H](C)CC(=O)OC)[C@@]3(C)C(=O)CC2[C@@]2(C)CC[C@@H](C)C[C@@H]12. The molecule has 0 aromatic rings. The van der Waals surface area contributed by atoms with E-state index in [0.29, 0.717) is 36.4 Å². The number of carbonyl (C=O) groups is 3. The summed E-state index contributed by atoms with van der Waals surface area (Å²) in [6, 6.07) is 0. The highest BCUT2D eigenvalue weighted by Crippen LogP contribution is 2.69. The zero-order valence-corrected chi connectivity index (χ0v) is 22.4. The van der Waals surface area contributed by atoms with E-state index in [9.17, 15) is 14.4 Å². The van der Waals surface area contributed by atoms with Crippen LogP contribution in [0, 0.1) is 58.2 Å². The number of hydrogen-bond donors (Lipinski definition) is 0.